The number of amides is 2. The fourth-order valence-corrected chi connectivity index (χ4v) is 6.86. The maximum atomic E-state index is 14.4. The van der Waals surface area contributed by atoms with Gasteiger partial charge >= 0.3 is 0 Å². The Labute approximate surface area is 273 Å². The van der Waals surface area contributed by atoms with E-state index >= 15 is 0 Å². The van der Waals surface area contributed by atoms with E-state index in [0.29, 0.717) is 26.2 Å². The van der Waals surface area contributed by atoms with Crippen molar-refractivity contribution >= 4 is 62.3 Å². The van der Waals surface area contributed by atoms with Crippen LogP contribution in [0.15, 0.2) is 95.9 Å². The Morgan fingerprint density at radius 1 is 0.841 bits per heavy atom. The van der Waals surface area contributed by atoms with Crippen LogP contribution >= 0.6 is 34.8 Å². The highest BCUT2D eigenvalue weighted by Gasteiger charge is 2.35. The molecular weight excluding hydrogens is 641 g/mol. The smallest absolute Gasteiger partial charge is 0.264 e. The SMILES string of the molecule is CNC(=O)[C@H](Cc1ccccc1)N(Cc1ccc(Cl)cc1Cl)C(=O)CN(c1cc(Cl)ccc1C)S(=O)(=O)c1ccc(C)cc1. The van der Waals surface area contributed by atoms with Gasteiger partial charge in [-0.15, -0.1) is 0 Å². The van der Waals surface area contributed by atoms with Crippen molar-refractivity contribution in [3.8, 4) is 0 Å². The lowest BCUT2D eigenvalue weighted by Crippen LogP contribution is -2.53. The maximum absolute atomic E-state index is 14.4. The average molecular weight is 673 g/mol. The van der Waals surface area contributed by atoms with Crippen LogP contribution < -0.4 is 9.62 Å². The first-order chi connectivity index (χ1) is 20.9. The number of sulfonamides is 1. The maximum Gasteiger partial charge on any atom is 0.264 e. The molecule has 11 heteroatoms. The van der Waals surface area contributed by atoms with Crippen molar-refractivity contribution in [3.63, 3.8) is 0 Å². The fraction of sp³-hybridized carbons (Fsp3) is 0.212. The zero-order valence-corrected chi connectivity index (χ0v) is 27.5. The van der Waals surface area contributed by atoms with Crippen LogP contribution in [0.25, 0.3) is 0 Å². The molecule has 0 bridgehead atoms. The summed E-state index contributed by atoms with van der Waals surface area (Å²) in [7, 11) is -2.76. The van der Waals surface area contributed by atoms with Crippen molar-refractivity contribution in [2.45, 2.75) is 37.8 Å². The second-order valence-corrected chi connectivity index (χ2v) is 13.5. The zero-order chi connectivity index (χ0) is 32.0. The van der Waals surface area contributed by atoms with Crippen LogP contribution in [0.4, 0.5) is 5.69 Å². The number of carbonyl (C=O) groups is 2. The number of nitrogens with zero attached hydrogens (tertiary/aromatic N) is 2. The third-order valence-electron chi connectivity index (χ3n) is 7.20. The van der Waals surface area contributed by atoms with Crippen LogP contribution in [-0.4, -0.2) is 44.8 Å². The standard InChI is InChI=1S/C33H32Cl3N3O4S/c1-22-9-15-28(16-10-22)44(42,43)39(30-19-27(35)13-11-23(30)2)21-32(40)38(20-25-12-14-26(34)18-29(25)36)31(33(41)37-3)17-24-7-5-4-6-8-24/h4-16,18-19,31H,17,20-21H2,1-3H3,(H,37,41)/t31-/m0/s1. The van der Waals surface area contributed by atoms with Crippen molar-refractivity contribution in [3.05, 3.63) is 128 Å². The van der Waals surface area contributed by atoms with E-state index in [1.54, 1.807) is 49.4 Å². The van der Waals surface area contributed by atoms with Crippen LogP contribution in [0.3, 0.4) is 0 Å². The molecule has 0 aliphatic rings. The van der Waals surface area contributed by atoms with Gasteiger partial charge in [-0.2, -0.15) is 0 Å². The van der Waals surface area contributed by atoms with Gasteiger partial charge in [0.1, 0.15) is 12.6 Å². The number of likely N-dealkylation sites (N-methyl/N-ethyl adjacent to an activating group) is 1. The summed E-state index contributed by atoms with van der Waals surface area (Å²) in [5.74, 6) is -1.03. The van der Waals surface area contributed by atoms with Gasteiger partial charge in [0.25, 0.3) is 10.0 Å². The Bertz CT molecular complexity index is 1750. The van der Waals surface area contributed by atoms with E-state index < -0.39 is 34.4 Å². The molecule has 4 aromatic carbocycles. The average Bonchev–Trinajstić information content (AvgIpc) is 3.00. The Balaban J connectivity index is 1.84. The van der Waals surface area contributed by atoms with Gasteiger partial charge < -0.3 is 10.2 Å². The molecule has 7 nitrogen and oxygen atoms in total. The molecule has 44 heavy (non-hydrogen) atoms. The molecule has 4 aromatic rings. The van der Waals surface area contributed by atoms with E-state index in [2.05, 4.69) is 5.32 Å². The second-order valence-electron chi connectivity index (χ2n) is 10.3. The van der Waals surface area contributed by atoms with E-state index in [1.165, 1.54) is 30.1 Å². The molecule has 0 unspecified atom stereocenters. The summed E-state index contributed by atoms with van der Waals surface area (Å²) in [5.41, 5.74) is 3.08. The number of rotatable bonds is 11. The molecule has 0 radical (unpaired) electrons. The fourth-order valence-electron chi connectivity index (χ4n) is 4.76. The summed E-state index contributed by atoms with van der Waals surface area (Å²) in [5, 5.41) is 3.68. The number of nitrogens with one attached hydrogen (secondary N) is 1. The molecule has 1 atom stereocenters. The molecule has 0 saturated carbocycles. The molecule has 0 aromatic heterocycles. The Hall–Kier alpha value is -3.56. The molecule has 2 amide bonds. The van der Waals surface area contributed by atoms with Crippen LogP contribution in [0, 0.1) is 13.8 Å². The van der Waals surface area contributed by atoms with E-state index in [0.717, 1.165) is 15.4 Å². The summed E-state index contributed by atoms with van der Waals surface area (Å²) in [6, 6.07) is 24.4. The van der Waals surface area contributed by atoms with E-state index in [9.17, 15) is 18.0 Å². The summed E-state index contributed by atoms with van der Waals surface area (Å²) in [6.45, 7) is 2.91. The first-order valence-corrected chi connectivity index (χ1v) is 16.3. The predicted octanol–water partition coefficient (Wildman–Crippen LogP) is 6.85. The molecule has 0 fully saturated rings. The Morgan fingerprint density at radius 3 is 2.11 bits per heavy atom. The molecule has 0 saturated heterocycles. The Kier molecular flexibility index (Phi) is 11.0. The largest absolute Gasteiger partial charge is 0.357 e. The summed E-state index contributed by atoms with van der Waals surface area (Å²) in [6.07, 6.45) is 0.179. The molecule has 0 spiro atoms. The van der Waals surface area contributed by atoms with Gasteiger partial charge in [0.2, 0.25) is 11.8 Å². The summed E-state index contributed by atoms with van der Waals surface area (Å²) < 4.78 is 29.4. The number of aryl methyl sites for hydroxylation is 2. The van der Waals surface area contributed by atoms with Gasteiger partial charge in [-0.05, 0) is 66.9 Å². The minimum Gasteiger partial charge on any atom is -0.357 e. The minimum atomic E-state index is -4.25. The number of hydrogen-bond acceptors (Lipinski definition) is 4. The third-order valence-corrected chi connectivity index (χ3v) is 9.80. The topological polar surface area (TPSA) is 86.8 Å². The van der Waals surface area contributed by atoms with Crippen molar-refractivity contribution in [1.82, 2.24) is 10.2 Å². The summed E-state index contributed by atoms with van der Waals surface area (Å²) in [4.78, 5) is 29.2. The van der Waals surface area contributed by atoms with Gasteiger partial charge in [-0.1, -0.05) is 95.0 Å². The number of hydrogen-bond donors (Lipinski definition) is 1. The first kappa shape index (κ1) is 33.3. The highest BCUT2D eigenvalue weighted by atomic mass is 35.5. The number of carbonyl (C=O) groups excluding carboxylic acids is 2. The van der Waals surface area contributed by atoms with Crippen molar-refractivity contribution in [1.29, 1.82) is 0 Å². The van der Waals surface area contributed by atoms with Gasteiger partial charge in [0.05, 0.1) is 10.6 Å². The normalized spacial score (nSPS) is 12.0. The number of benzene rings is 4. The van der Waals surface area contributed by atoms with Gasteiger partial charge in [0.15, 0.2) is 0 Å². The highest BCUT2D eigenvalue weighted by Crippen LogP contribution is 2.31. The van der Waals surface area contributed by atoms with Crippen LogP contribution in [-0.2, 0) is 32.6 Å². The van der Waals surface area contributed by atoms with Gasteiger partial charge in [-0.25, -0.2) is 8.42 Å². The molecule has 4 rings (SSSR count). The molecule has 1 N–H and O–H groups in total. The van der Waals surface area contributed by atoms with E-state index in [4.69, 9.17) is 34.8 Å². The lowest BCUT2D eigenvalue weighted by molar-refractivity contribution is -0.139. The lowest BCUT2D eigenvalue weighted by Gasteiger charge is -2.34. The molecule has 230 valence electrons. The highest BCUT2D eigenvalue weighted by molar-refractivity contribution is 7.92. The summed E-state index contributed by atoms with van der Waals surface area (Å²) >= 11 is 19.0. The number of halogens is 3. The van der Waals surface area contributed by atoms with Crippen molar-refractivity contribution in [2.75, 3.05) is 17.9 Å². The molecule has 0 aliphatic carbocycles. The van der Waals surface area contributed by atoms with E-state index in [-0.39, 0.29) is 23.5 Å². The van der Waals surface area contributed by atoms with Crippen LogP contribution in [0.2, 0.25) is 15.1 Å². The molecular formula is C33H32Cl3N3O4S. The number of anilines is 1. The molecule has 0 heterocycles. The third kappa shape index (κ3) is 7.93. The van der Waals surface area contributed by atoms with E-state index in [1.807, 2.05) is 37.3 Å². The zero-order valence-electron chi connectivity index (χ0n) is 24.4. The molecule has 0 aliphatic heterocycles. The van der Waals surface area contributed by atoms with Crippen molar-refractivity contribution < 1.29 is 18.0 Å². The minimum absolute atomic E-state index is 0.00899. The monoisotopic (exact) mass is 671 g/mol. The quantitative estimate of drug-likeness (QED) is 0.189. The van der Waals surface area contributed by atoms with Crippen LogP contribution in [0.5, 0.6) is 0 Å². The lowest BCUT2D eigenvalue weighted by atomic mass is 10.0. The first-order valence-electron chi connectivity index (χ1n) is 13.7. The second kappa shape index (κ2) is 14.5. The Morgan fingerprint density at radius 2 is 1.48 bits per heavy atom. The van der Waals surface area contributed by atoms with Gasteiger partial charge in [0, 0.05) is 35.1 Å². The van der Waals surface area contributed by atoms with Crippen molar-refractivity contribution in [2.24, 2.45) is 0 Å². The van der Waals surface area contributed by atoms with Gasteiger partial charge in [-0.3, -0.25) is 13.9 Å². The van der Waals surface area contributed by atoms with Crippen LogP contribution in [0.1, 0.15) is 22.3 Å². The predicted molar refractivity (Wildman–Crippen MR) is 177 cm³/mol.